The topological polar surface area (TPSA) is 44.4 Å². The van der Waals surface area contributed by atoms with E-state index in [4.69, 9.17) is 11.6 Å². The van der Waals surface area contributed by atoms with Crippen LogP contribution in [0, 0.1) is 5.92 Å². The largest absolute Gasteiger partial charge is 0.354 e. The third kappa shape index (κ3) is 4.93. The maximum absolute atomic E-state index is 12.0. The van der Waals surface area contributed by atoms with Gasteiger partial charge < -0.3 is 10.6 Å². The molecule has 1 aromatic rings. The van der Waals surface area contributed by atoms with Gasteiger partial charge in [0.05, 0.1) is 6.04 Å². The lowest BCUT2D eigenvalue weighted by atomic mass is 9.96. The fourth-order valence-electron chi connectivity index (χ4n) is 3.47. The summed E-state index contributed by atoms with van der Waals surface area (Å²) in [5, 5.41) is 7.17. The van der Waals surface area contributed by atoms with Gasteiger partial charge in [0, 0.05) is 18.1 Å². The van der Waals surface area contributed by atoms with Crippen LogP contribution in [0.5, 0.6) is 0 Å². The van der Waals surface area contributed by atoms with E-state index in [2.05, 4.69) is 27.7 Å². The van der Waals surface area contributed by atoms with Gasteiger partial charge in [-0.05, 0) is 68.9 Å². The highest BCUT2D eigenvalue weighted by Crippen LogP contribution is 2.19. The van der Waals surface area contributed by atoms with Crippen molar-refractivity contribution >= 4 is 17.5 Å². The zero-order valence-corrected chi connectivity index (χ0v) is 14.3. The summed E-state index contributed by atoms with van der Waals surface area (Å²) >= 11 is 5.93. The monoisotopic (exact) mass is 335 g/mol. The number of amides is 1. The molecule has 0 saturated carbocycles. The Morgan fingerprint density at radius 2 is 1.96 bits per heavy atom. The average Bonchev–Trinajstić information content (AvgIpc) is 3.11. The standard InChI is InChI=1S/C18H26ClN3O/c19-16-5-3-15(4-6-16)13-22-10-7-14(8-11-22)12-21-18(23)17-2-1-9-20-17/h3-6,14,17,20H,1-2,7-13H2,(H,21,23). The molecule has 4 nitrogen and oxygen atoms in total. The van der Waals surface area contributed by atoms with Crippen LogP contribution >= 0.6 is 11.6 Å². The highest BCUT2D eigenvalue weighted by Gasteiger charge is 2.24. The van der Waals surface area contributed by atoms with Crippen molar-refractivity contribution in [3.63, 3.8) is 0 Å². The van der Waals surface area contributed by atoms with E-state index >= 15 is 0 Å². The predicted octanol–water partition coefficient (Wildman–Crippen LogP) is 2.42. The van der Waals surface area contributed by atoms with E-state index in [9.17, 15) is 4.79 Å². The van der Waals surface area contributed by atoms with Crippen molar-refractivity contribution in [3.05, 3.63) is 34.9 Å². The molecule has 2 fully saturated rings. The Hall–Kier alpha value is -1.10. The van der Waals surface area contributed by atoms with Gasteiger partial charge in [-0.15, -0.1) is 0 Å². The van der Waals surface area contributed by atoms with Crippen molar-refractivity contribution < 1.29 is 4.79 Å². The fraction of sp³-hybridized carbons (Fsp3) is 0.611. The van der Waals surface area contributed by atoms with Crippen LogP contribution in [0.25, 0.3) is 0 Å². The smallest absolute Gasteiger partial charge is 0.237 e. The molecule has 0 spiro atoms. The maximum Gasteiger partial charge on any atom is 0.237 e. The number of piperidine rings is 1. The number of hydrogen-bond donors (Lipinski definition) is 2. The minimum absolute atomic E-state index is 0.0417. The lowest BCUT2D eigenvalue weighted by Crippen LogP contribution is -2.44. The fourth-order valence-corrected chi connectivity index (χ4v) is 3.60. The molecule has 1 aromatic carbocycles. The first-order valence-corrected chi connectivity index (χ1v) is 9.06. The molecule has 2 saturated heterocycles. The third-order valence-corrected chi connectivity index (χ3v) is 5.22. The van der Waals surface area contributed by atoms with Gasteiger partial charge in [0.1, 0.15) is 0 Å². The molecule has 0 aromatic heterocycles. The molecule has 5 heteroatoms. The van der Waals surface area contributed by atoms with E-state index in [0.29, 0.717) is 5.92 Å². The van der Waals surface area contributed by atoms with Gasteiger partial charge in [-0.2, -0.15) is 0 Å². The molecule has 1 unspecified atom stereocenters. The van der Waals surface area contributed by atoms with Gasteiger partial charge in [0.15, 0.2) is 0 Å². The van der Waals surface area contributed by atoms with Gasteiger partial charge >= 0.3 is 0 Å². The summed E-state index contributed by atoms with van der Waals surface area (Å²) in [6.07, 6.45) is 4.41. The summed E-state index contributed by atoms with van der Waals surface area (Å²) in [6, 6.07) is 8.15. The number of nitrogens with zero attached hydrogens (tertiary/aromatic N) is 1. The lowest BCUT2D eigenvalue weighted by Gasteiger charge is -2.32. The van der Waals surface area contributed by atoms with E-state index in [-0.39, 0.29) is 11.9 Å². The molecule has 2 aliphatic rings. The molecular formula is C18H26ClN3O. The summed E-state index contributed by atoms with van der Waals surface area (Å²) in [4.78, 5) is 14.5. The minimum Gasteiger partial charge on any atom is -0.354 e. The van der Waals surface area contributed by atoms with E-state index in [1.807, 2.05) is 12.1 Å². The molecular weight excluding hydrogens is 310 g/mol. The summed E-state index contributed by atoms with van der Waals surface area (Å²) in [7, 11) is 0. The molecule has 1 amide bonds. The lowest BCUT2D eigenvalue weighted by molar-refractivity contribution is -0.123. The van der Waals surface area contributed by atoms with Gasteiger partial charge in [-0.25, -0.2) is 0 Å². The minimum atomic E-state index is 0.0417. The summed E-state index contributed by atoms with van der Waals surface area (Å²) in [5.74, 6) is 0.799. The van der Waals surface area contributed by atoms with Crippen molar-refractivity contribution in [2.24, 2.45) is 5.92 Å². The molecule has 0 bridgehead atoms. The third-order valence-electron chi connectivity index (χ3n) is 4.97. The Balaban J connectivity index is 1.36. The van der Waals surface area contributed by atoms with Crippen LogP contribution in [0.4, 0.5) is 0 Å². The van der Waals surface area contributed by atoms with Gasteiger partial charge in [0.2, 0.25) is 5.91 Å². The van der Waals surface area contributed by atoms with Crippen molar-refractivity contribution in [1.29, 1.82) is 0 Å². The van der Waals surface area contributed by atoms with Crippen LogP contribution < -0.4 is 10.6 Å². The summed E-state index contributed by atoms with van der Waals surface area (Å²) in [6.45, 7) is 4.99. The number of carbonyl (C=O) groups excluding carboxylic acids is 1. The predicted molar refractivity (Wildman–Crippen MR) is 93.5 cm³/mol. The van der Waals surface area contributed by atoms with Crippen molar-refractivity contribution in [1.82, 2.24) is 15.5 Å². The normalized spacial score (nSPS) is 23.1. The Bertz CT molecular complexity index is 506. The highest BCUT2D eigenvalue weighted by molar-refractivity contribution is 6.30. The Labute approximate surface area is 143 Å². The first kappa shape index (κ1) is 16.7. The Morgan fingerprint density at radius 1 is 1.22 bits per heavy atom. The molecule has 126 valence electrons. The Morgan fingerprint density at radius 3 is 2.61 bits per heavy atom. The molecule has 3 rings (SSSR count). The number of carbonyl (C=O) groups is 1. The number of benzene rings is 1. The molecule has 1 atom stereocenters. The number of rotatable bonds is 5. The van der Waals surface area contributed by atoms with Crippen LogP contribution in [0.3, 0.4) is 0 Å². The first-order valence-electron chi connectivity index (χ1n) is 8.68. The summed E-state index contributed by atoms with van der Waals surface area (Å²) < 4.78 is 0. The van der Waals surface area contributed by atoms with Crippen molar-refractivity contribution in [2.75, 3.05) is 26.2 Å². The highest BCUT2D eigenvalue weighted by atomic mass is 35.5. The molecule has 23 heavy (non-hydrogen) atoms. The van der Waals surface area contributed by atoms with Crippen LogP contribution in [0.15, 0.2) is 24.3 Å². The molecule has 2 heterocycles. The number of likely N-dealkylation sites (tertiary alicyclic amines) is 1. The van der Waals surface area contributed by atoms with Crippen molar-refractivity contribution in [2.45, 2.75) is 38.3 Å². The van der Waals surface area contributed by atoms with E-state index < -0.39 is 0 Å². The molecule has 2 aliphatic heterocycles. The van der Waals surface area contributed by atoms with E-state index in [1.54, 1.807) is 0 Å². The second-order valence-corrected chi connectivity index (χ2v) is 7.18. The van der Waals surface area contributed by atoms with Gasteiger partial charge in [-0.3, -0.25) is 9.69 Å². The van der Waals surface area contributed by atoms with Crippen LogP contribution in [0.2, 0.25) is 5.02 Å². The number of halogens is 1. The number of hydrogen-bond acceptors (Lipinski definition) is 3. The first-order chi connectivity index (χ1) is 11.2. The van der Waals surface area contributed by atoms with Gasteiger partial charge in [0.25, 0.3) is 0 Å². The molecule has 0 aliphatic carbocycles. The van der Waals surface area contributed by atoms with Gasteiger partial charge in [-0.1, -0.05) is 23.7 Å². The van der Waals surface area contributed by atoms with E-state index in [0.717, 1.165) is 63.4 Å². The van der Waals surface area contributed by atoms with Crippen LogP contribution in [0.1, 0.15) is 31.2 Å². The SMILES string of the molecule is O=C(NCC1CCN(Cc2ccc(Cl)cc2)CC1)C1CCCN1. The Kier molecular flexibility index (Phi) is 5.92. The van der Waals surface area contributed by atoms with Crippen molar-refractivity contribution in [3.8, 4) is 0 Å². The van der Waals surface area contributed by atoms with Crippen LogP contribution in [-0.4, -0.2) is 43.0 Å². The average molecular weight is 336 g/mol. The maximum atomic E-state index is 12.0. The molecule has 2 N–H and O–H groups in total. The van der Waals surface area contributed by atoms with Crippen LogP contribution in [-0.2, 0) is 11.3 Å². The second-order valence-electron chi connectivity index (χ2n) is 6.74. The summed E-state index contributed by atoms with van der Waals surface area (Å²) in [5.41, 5.74) is 1.31. The zero-order chi connectivity index (χ0) is 16.1. The van der Waals surface area contributed by atoms with E-state index in [1.165, 1.54) is 5.56 Å². The molecule has 0 radical (unpaired) electrons. The quantitative estimate of drug-likeness (QED) is 0.868. The zero-order valence-electron chi connectivity index (χ0n) is 13.6. The number of nitrogens with one attached hydrogen (secondary N) is 2. The second kappa shape index (κ2) is 8.13.